The third-order valence-electron chi connectivity index (χ3n) is 4.48. The number of carbonyl (C=O) groups is 1. The van der Waals surface area contributed by atoms with Gasteiger partial charge in [0.25, 0.3) is 15.9 Å². The minimum absolute atomic E-state index is 0.0189. The fourth-order valence-electron chi connectivity index (χ4n) is 2.92. The Balaban J connectivity index is 1.81. The van der Waals surface area contributed by atoms with Crippen molar-refractivity contribution in [3.05, 3.63) is 88.4 Å². The van der Waals surface area contributed by atoms with Crippen molar-refractivity contribution in [3.63, 3.8) is 0 Å². The lowest BCUT2D eigenvalue weighted by Gasteiger charge is -2.16. The van der Waals surface area contributed by atoms with Gasteiger partial charge in [-0.3, -0.25) is 9.52 Å². The molecule has 6 nitrogen and oxygen atoms in total. The lowest BCUT2D eigenvalue weighted by Crippen LogP contribution is -2.27. The molecule has 2 N–H and O–H groups in total. The Labute approximate surface area is 184 Å². The molecule has 0 aliphatic heterocycles. The Morgan fingerprint density at radius 3 is 2.43 bits per heavy atom. The van der Waals surface area contributed by atoms with Crippen LogP contribution in [0.25, 0.3) is 0 Å². The van der Waals surface area contributed by atoms with Crippen LogP contribution in [-0.2, 0) is 10.0 Å². The quantitative estimate of drug-likeness (QED) is 0.502. The van der Waals surface area contributed by atoms with Gasteiger partial charge in [-0.2, -0.15) is 0 Å². The van der Waals surface area contributed by atoms with Crippen LogP contribution in [0.3, 0.4) is 0 Å². The molecule has 1 amide bonds. The molecule has 0 heterocycles. The van der Waals surface area contributed by atoms with E-state index in [4.69, 9.17) is 4.74 Å². The van der Waals surface area contributed by atoms with Gasteiger partial charge < -0.3 is 10.1 Å². The number of rotatable bonds is 7. The first kappa shape index (κ1) is 21.9. The molecule has 0 saturated carbocycles. The van der Waals surface area contributed by atoms with Crippen LogP contribution in [0.1, 0.15) is 28.9 Å². The van der Waals surface area contributed by atoms with Gasteiger partial charge in [-0.1, -0.05) is 52.3 Å². The number of para-hydroxylation sites is 2. The molecule has 0 aliphatic rings. The highest BCUT2D eigenvalue weighted by molar-refractivity contribution is 9.10. The van der Waals surface area contributed by atoms with E-state index in [-0.39, 0.29) is 22.4 Å². The molecule has 156 valence electrons. The highest BCUT2D eigenvalue weighted by atomic mass is 79.9. The normalized spacial score (nSPS) is 12.1. The fourth-order valence-corrected chi connectivity index (χ4v) is 4.67. The van der Waals surface area contributed by atoms with Crippen LogP contribution in [0.4, 0.5) is 5.69 Å². The summed E-state index contributed by atoms with van der Waals surface area (Å²) in [5.41, 5.74) is 1.49. The molecule has 0 aliphatic carbocycles. The second-order valence-electron chi connectivity index (χ2n) is 6.55. The first-order chi connectivity index (χ1) is 14.3. The van der Waals surface area contributed by atoms with Crippen molar-refractivity contribution >= 4 is 37.5 Å². The Morgan fingerprint density at radius 2 is 1.70 bits per heavy atom. The van der Waals surface area contributed by atoms with Gasteiger partial charge in [-0.05, 0) is 48.9 Å². The number of benzene rings is 3. The molecule has 0 unspecified atom stereocenters. The van der Waals surface area contributed by atoms with E-state index in [1.54, 1.807) is 30.3 Å². The fraction of sp³-hybridized carbons (Fsp3) is 0.136. The topological polar surface area (TPSA) is 84.5 Å². The number of anilines is 1. The summed E-state index contributed by atoms with van der Waals surface area (Å²) >= 11 is 3.47. The number of hydrogen-bond donors (Lipinski definition) is 2. The predicted molar refractivity (Wildman–Crippen MR) is 120 cm³/mol. The summed E-state index contributed by atoms with van der Waals surface area (Å²) in [6.07, 6.45) is 0. The van der Waals surface area contributed by atoms with Gasteiger partial charge in [0.15, 0.2) is 0 Å². The number of amides is 1. The molecule has 0 aromatic heterocycles. The van der Waals surface area contributed by atoms with Crippen LogP contribution in [0.5, 0.6) is 5.75 Å². The molecule has 0 saturated heterocycles. The van der Waals surface area contributed by atoms with Crippen LogP contribution in [0.15, 0.2) is 82.2 Å². The van der Waals surface area contributed by atoms with E-state index in [0.717, 1.165) is 10.0 Å². The molecule has 0 bridgehead atoms. The standard InChI is InChI=1S/C22H21BrN2O4S/c1-15(18-10-3-4-11-19(18)23)24-22(26)16-8-7-9-17(14-16)30(27,28)25-20-12-5-6-13-21(20)29-2/h3-15,25H,1-2H3,(H,24,26)/t15-/m0/s1. The van der Waals surface area contributed by atoms with E-state index in [1.807, 2.05) is 31.2 Å². The zero-order valence-electron chi connectivity index (χ0n) is 16.4. The Morgan fingerprint density at radius 1 is 1.00 bits per heavy atom. The average molecular weight is 489 g/mol. The zero-order valence-corrected chi connectivity index (χ0v) is 18.8. The molecule has 3 rings (SSSR count). The molecule has 8 heteroatoms. The first-order valence-electron chi connectivity index (χ1n) is 9.13. The lowest BCUT2D eigenvalue weighted by molar-refractivity contribution is 0.0939. The lowest BCUT2D eigenvalue weighted by atomic mass is 10.1. The number of methoxy groups -OCH3 is 1. The summed E-state index contributed by atoms with van der Waals surface area (Å²) in [5, 5.41) is 2.90. The molecule has 3 aromatic carbocycles. The maximum absolute atomic E-state index is 12.8. The minimum Gasteiger partial charge on any atom is -0.495 e. The molecule has 30 heavy (non-hydrogen) atoms. The number of halogens is 1. The molecular formula is C22H21BrN2O4S. The summed E-state index contributed by atoms with van der Waals surface area (Å²) in [5.74, 6) is 0.0323. The van der Waals surface area contributed by atoms with Gasteiger partial charge in [0.1, 0.15) is 5.75 Å². The number of carbonyl (C=O) groups excluding carboxylic acids is 1. The maximum atomic E-state index is 12.8. The van der Waals surface area contributed by atoms with Crippen molar-refractivity contribution in [2.45, 2.75) is 17.9 Å². The Hall–Kier alpha value is -2.84. The highest BCUT2D eigenvalue weighted by Gasteiger charge is 2.19. The smallest absolute Gasteiger partial charge is 0.262 e. The van der Waals surface area contributed by atoms with E-state index >= 15 is 0 Å². The van der Waals surface area contributed by atoms with Crippen LogP contribution < -0.4 is 14.8 Å². The Kier molecular flexibility index (Phi) is 6.79. The average Bonchev–Trinajstić information content (AvgIpc) is 2.74. The van der Waals surface area contributed by atoms with Crippen molar-refractivity contribution in [3.8, 4) is 5.75 Å². The number of sulfonamides is 1. The minimum atomic E-state index is -3.91. The number of hydrogen-bond acceptors (Lipinski definition) is 4. The van der Waals surface area contributed by atoms with E-state index in [9.17, 15) is 13.2 Å². The van der Waals surface area contributed by atoms with Crippen LogP contribution in [-0.4, -0.2) is 21.4 Å². The summed E-state index contributed by atoms with van der Waals surface area (Å²) in [7, 11) is -2.44. The van der Waals surface area contributed by atoms with E-state index in [1.165, 1.54) is 25.3 Å². The number of nitrogens with one attached hydrogen (secondary N) is 2. The van der Waals surface area contributed by atoms with Gasteiger partial charge in [-0.25, -0.2) is 8.42 Å². The highest BCUT2D eigenvalue weighted by Crippen LogP contribution is 2.27. The summed E-state index contributed by atoms with van der Waals surface area (Å²) in [6.45, 7) is 1.86. The Bertz CT molecular complexity index is 1170. The van der Waals surface area contributed by atoms with Crippen LogP contribution in [0.2, 0.25) is 0 Å². The van der Waals surface area contributed by atoms with Gasteiger partial charge in [0, 0.05) is 10.0 Å². The maximum Gasteiger partial charge on any atom is 0.262 e. The third-order valence-corrected chi connectivity index (χ3v) is 6.56. The van der Waals surface area contributed by atoms with Crippen molar-refractivity contribution < 1.29 is 17.9 Å². The number of ether oxygens (including phenoxy) is 1. The van der Waals surface area contributed by atoms with Crippen LogP contribution in [0, 0.1) is 0 Å². The molecule has 0 radical (unpaired) electrons. The van der Waals surface area contributed by atoms with Gasteiger partial charge >= 0.3 is 0 Å². The molecule has 0 fully saturated rings. The van der Waals surface area contributed by atoms with Crippen LogP contribution >= 0.6 is 15.9 Å². The summed E-state index contributed by atoms with van der Waals surface area (Å²) < 4.78 is 34.2. The molecule has 3 aromatic rings. The molecule has 1 atom stereocenters. The second-order valence-corrected chi connectivity index (χ2v) is 9.09. The first-order valence-corrected chi connectivity index (χ1v) is 11.4. The van der Waals surface area contributed by atoms with Crippen molar-refractivity contribution in [1.29, 1.82) is 0 Å². The van der Waals surface area contributed by atoms with Crippen molar-refractivity contribution in [2.75, 3.05) is 11.8 Å². The predicted octanol–water partition coefficient (Wildman–Crippen LogP) is 4.75. The third kappa shape index (κ3) is 5.01. The molecule has 0 spiro atoms. The van der Waals surface area contributed by atoms with Crippen molar-refractivity contribution in [1.82, 2.24) is 5.32 Å². The van der Waals surface area contributed by atoms with Gasteiger partial charge in [-0.15, -0.1) is 0 Å². The SMILES string of the molecule is COc1ccccc1NS(=O)(=O)c1cccc(C(=O)N[C@@H](C)c2ccccc2Br)c1. The van der Waals surface area contributed by atoms with E-state index in [0.29, 0.717) is 11.4 Å². The van der Waals surface area contributed by atoms with E-state index in [2.05, 4.69) is 26.0 Å². The largest absolute Gasteiger partial charge is 0.495 e. The zero-order chi connectivity index (χ0) is 21.7. The molecular weight excluding hydrogens is 468 g/mol. The monoisotopic (exact) mass is 488 g/mol. The second kappa shape index (κ2) is 9.32. The summed E-state index contributed by atoms with van der Waals surface area (Å²) in [4.78, 5) is 12.7. The van der Waals surface area contributed by atoms with Gasteiger partial charge in [0.05, 0.1) is 23.7 Å². The van der Waals surface area contributed by atoms with Gasteiger partial charge in [0.2, 0.25) is 0 Å². The van der Waals surface area contributed by atoms with Crippen molar-refractivity contribution in [2.24, 2.45) is 0 Å². The summed E-state index contributed by atoms with van der Waals surface area (Å²) in [6, 6.07) is 19.9. The van der Waals surface area contributed by atoms with E-state index < -0.39 is 10.0 Å².